The van der Waals surface area contributed by atoms with Gasteiger partial charge in [-0.25, -0.2) is 4.79 Å². The normalized spacial score (nSPS) is 25.2. The molecular weight excluding hydrogens is 286 g/mol. The Bertz CT molecular complexity index is 412. The molecule has 3 saturated heterocycles. The zero-order valence-electron chi connectivity index (χ0n) is 13.0. The number of carbonyl (C=O) groups is 2. The Morgan fingerprint density at radius 2 is 1.86 bits per heavy atom. The van der Waals surface area contributed by atoms with E-state index in [4.69, 9.17) is 9.47 Å². The fourth-order valence-corrected chi connectivity index (χ4v) is 3.43. The summed E-state index contributed by atoms with van der Waals surface area (Å²) < 4.78 is 10.3. The van der Waals surface area contributed by atoms with E-state index in [1.807, 2.05) is 4.90 Å². The molecule has 0 spiro atoms. The van der Waals surface area contributed by atoms with Gasteiger partial charge in [-0.2, -0.15) is 0 Å². The number of cyclic esters (lactones) is 1. The van der Waals surface area contributed by atoms with Crippen molar-refractivity contribution in [2.45, 2.75) is 25.3 Å². The summed E-state index contributed by atoms with van der Waals surface area (Å²) in [7, 11) is 0. The van der Waals surface area contributed by atoms with E-state index in [0.29, 0.717) is 19.2 Å². The van der Waals surface area contributed by atoms with Crippen molar-refractivity contribution in [1.82, 2.24) is 14.7 Å². The van der Waals surface area contributed by atoms with Gasteiger partial charge in [-0.1, -0.05) is 0 Å². The van der Waals surface area contributed by atoms with Crippen LogP contribution >= 0.6 is 0 Å². The van der Waals surface area contributed by atoms with Gasteiger partial charge in [0.25, 0.3) is 0 Å². The maximum absolute atomic E-state index is 12.4. The third-order valence-electron chi connectivity index (χ3n) is 4.76. The highest BCUT2D eigenvalue weighted by Crippen LogP contribution is 2.17. The van der Waals surface area contributed by atoms with Crippen LogP contribution in [-0.2, 0) is 14.3 Å². The van der Waals surface area contributed by atoms with Crippen LogP contribution in [-0.4, -0.2) is 91.8 Å². The molecule has 0 unspecified atom stereocenters. The third-order valence-corrected chi connectivity index (χ3v) is 4.76. The largest absolute Gasteiger partial charge is 0.448 e. The molecule has 3 aliphatic rings. The summed E-state index contributed by atoms with van der Waals surface area (Å²) in [6.07, 6.45) is 2.81. The Labute approximate surface area is 131 Å². The summed E-state index contributed by atoms with van der Waals surface area (Å²) in [5.41, 5.74) is 0. The van der Waals surface area contributed by atoms with Gasteiger partial charge in [-0.3, -0.25) is 14.6 Å². The molecule has 3 aliphatic heterocycles. The highest BCUT2D eigenvalue weighted by atomic mass is 16.6. The van der Waals surface area contributed by atoms with E-state index in [2.05, 4.69) is 4.90 Å². The molecular formula is C15H25N3O4. The number of hydrogen-bond acceptors (Lipinski definition) is 5. The van der Waals surface area contributed by atoms with Crippen molar-refractivity contribution in [2.75, 3.05) is 59.1 Å². The molecule has 0 atom stereocenters. The first-order valence-electron chi connectivity index (χ1n) is 8.25. The zero-order chi connectivity index (χ0) is 15.4. The average molecular weight is 311 g/mol. The molecule has 124 valence electrons. The number of rotatable bonds is 3. The van der Waals surface area contributed by atoms with Crippen LogP contribution in [0.3, 0.4) is 0 Å². The maximum Gasteiger partial charge on any atom is 0.410 e. The van der Waals surface area contributed by atoms with E-state index in [1.54, 1.807) is 0 Å². The molecule has 0 aliphatic carbocycles. The predicted molar refractivity (Wildman–Crippen MR) is 79.5 cm³/mol. The minimum atomic E-state index is -0.369. The first-order valence-corrected chi connectivity index (χ1v) is 8.25. The number of carbonyl (C=O) groups excluding carboxylic acids is 2. The summed E-state index contributed by atoms with van der Waals surface area (Å²) in [5.74, 6) is 0.0349. The van der Waals surface area contributed by atoms with Crippen LogP contribution in [0.4, 0.5) is 4.79 Å². The summed E-state index contributed by atoms with van der Waals surface area (Å²) in [6.45, 7) is 6.25. The van der Waals surface area contributed by atoms with Gasteiger partial charge in [-0.15, -0.1) is 0 Å². The summed E-state index contributed by atoms with van der Waals surface area (Å²) in [4.78, 5) is 29.7. The third kappa shape index (κ3) is 3.70. The average Bonchev–Trinajstić information content (AvgIpc) is 2.80. The van der Waals surface area contributed by atoms with Crippen molar-refractivity contribution in [1.29, 1.82) is 0 Å². The number of nitrogens with zero attached hydrogens (tertiary/aromatic N) is 3. The zero-order valence-corrected chi connectivity index (χ0v) is 13.0. The van der Waals surface area contributed by atoms with Gasteiger partial charge in [-0.05, 0) is 19.3 Å². The topological polar surface area (TPSA) is 62.3 Å². The first-order chi connectivity index (χ1) is 10.7. The quantitative estimate of drug-likeness (QED) is 0.742. The van der Waals surface area contributed by atoms with Gasteiger partial charge >= 0.3 is 6.09 Å². The summed E-state index contributed by atoms with van der Waals surface area (Å²) >= 11 is 0. The lowest BCUT2D eigenvalue weighted by Crippen LogP contribution is -2.44. The van der Waals surface area contributed by atoms with Gasteiger partial charge < -0.3 is 14.4 Å². The number of amides is 2. The first kappa shape index (κ1) is 15.6. The SMILES string of the molecule is O=C(CN1CCOC1=O)N1CCCN(C2CCOCC2)CC1. The molecule has 0 aromatic carbocycles. The Kier molecular flexibility index (Phi) is 5.15. The van der Waals surface area contributed by atoms with E-state index in [1.165, 1.54) is 4.90 Å². The molecule has 22 heavy (non-hydrogen) atoms. The lowest BCUT2D eigenvalue weighted by molar-refractivity contribution is -0.131. The summed E-state index contributed by atoms with van der Waals surface area (Å²) in [6, 6.07) is 0.595. The van der Waals surface area contributed by atoms with E-state index in [9.17, 15) is 9.59 Å². The van der Waals surface area contributed by atoms with Gasteiger partial charge in [0.15, 0.2) is 0 Å². The Morgan fingerprint density at radius 3 is 2.59 bits per heavy atom. The Balaban J connectivity index is 1.49. The van der Waals surface area contributed by atoms with E-state index in [0.717, 1.165) is 58.7 Å². The summed E-state index contributed by atoms with van der Waals surface area (Å²) in [5, 5.41) is 0. The molecule has 0 bridgehead atoms. The molecule has 7 nitrogen and oxygen atoms in total. The molecule has 0 saturated carbocycles. The van der Waals surface area contributed by atoms with E-state index >= 15 is 0 Å². The van der Waals surface area contributed by atoms with Crippen LogP contribution in [0.5, 0.6) is 0 Å². The van der Waals surface area contributed by atoms with Gasteiger partial charge in [0.1, 0.15) is 13.2 Å². The predicted octanol–water partition coefficient (Wildman–Crippen LogP) is 0.152. The van der Waals surface area contributed by atoms with Crippen LogP contribution in [0, 0.1) is 0 Å². The van der Waals surface area contributed by atoms with Crippen molar-refractivity contribution in [2.24, 2.45) is 0 Å². The monoisotopic (exact) mass is 311 g/mol. The van der Waals surface area contributed by atoms with Gasteiger partial charge in [0.2, 0.25) is 5.91 Å². The Morgan fingerprint density at radius 1 is 1.05 bits per heavy atom. The Hall–Kier alpha value is -1.34. The van der Waals surface area contributed by atoms with Crippen LogP contribution in [0.1, 0.15) is 19.3 Å². The molecule has 2 amide bonds. The molecule has 0 radical (unpaired) electrons. The second kappa shape index (κ2) is 7.28. The smallest absolute Gasteiger partial charge is 0.410 e. The van der Waals surface area contributed by atoms with Crippen molar-refractivity contribution >= 4 is 12.0 Å². The highest BCUT2D eigenvalue weighted by Gasteiger charge is 2.29. The van der Waals surface area contributed by atoms with Crippen molar-refractivity contribution < 1.29 is 19.1 Å². The number of hydrogen-bond donors (Lipinski definition) is 0. The van der Waals surface area contributed by atoms with Crippen molar-refractivity contribution in [3.05, 3.63) is 0 Å². The molecule has 0 N–H and O–H groups in total. The van der Waals surface area contributed by atoms with Gasteiger partial charge in [0, 0.05) is 45.4 Å². The lowest BCUT2D eigenvalue weighted by Gasteiger charge is -2.33. The fourth-order valence-electron chi connectivity index (χ4n) is 3.43. The second-order valence-corrected chi connectivity index (χ2v) is 6.15. The van der Waals surface area contributed by atoms with E-state index in [-0.39, 0.29) is 18.5 Å². The standard InChI is InChI=1S/C15H25N3O4/c19-14(12-18-8-11-22-15(18)20)17-5-1-4-16(6-7-17)13-2-9-21-10-3-13/h13H,1-12H2. The molecule has 7 heteroatoms. The lowest BCUT2D eigenvalue weighted by atomic mass is 10.1. The minimum Gasteiger partial charge on any atom is -0.448 e. The fraction of sp³-hybridized carbons (Fsp3) is 0.867. The van der Waals surface area contributed by atoms with Crippen LogP contribution in [0.25, 0.3) is 0 Å². The van der Waals surface area contributed by atoms with Crippen LogP contribution < -0.4 is 0 Å². The molecule has 3 heterocycles. The minimum absolute atomic E-state index is 0.0349. The van der Waals surface area contributed by atoms with E-state index < -0.39 is 0 Å². The van der Waals surface area contributed by atoms with Gasteiger partial charge in [0.05, 0.1) is 6.54 Å². The number of ether oxygens (including phenoxy) is 2. The molecule has 3 rings (SSSR count). The van der Waals surface area contributed by atoms with Crippen molar-refractivity contribution in [3.63, 3.8) is 0 Å². The highest BCUT2D eigenvalue weighted by molar-refractivity contribution is 5.82. The second-order valence-electron chi connectivity index (χ2n) is 6.15. The molecule has 3 fully saturated rings. The molecule has 0 aromatic rings. The maximum atomic E-state index is 12.4. The van der Waals surface area contributed by atoms with Crippen LogP contribution in [0.15, 0.2) is 0 Å². The van der Waals surface area contributed by atoms with Crippen LogP contribution in [0.2, 0.25) is 0 Å². The molecule has 0 aromatic heterocycles. The van der Waals surface area contributed by atoms with Crippen molar-refractivity contribution in [3.8, 4) is 0 Å².